The predicted molar refractivity (Wildman–Crippen MR) is 73.2 cm³/mol. The monoisotopic (exact) mass is 263 g/mol. The van der Waals surface area contributed by atoms with E-state index in [1.807, 2.05) is 19.1 Å². The minimum atomic E-state index is -0.143. The third-order valence-electron chi connectivity index (χ3n) is 3.45. The molecule has 1 saturated heterocycles. The van der Waals surface area contributed by atoms with Crippen LogP contribution in [0.4, 0.5) is 0 Å². The summed E-state index contributed by atoms with van der Waals surface area (Å²) in [6, 6.07) is 7.95. The number of esters is 1. The predicted octanol–water partition coefficient (Wildman–Crippen LogP) is 1.78. The van der Waals surface area contributed by atoms with Crippen molar-refractivity contribution >= 4 is 5.97 Å². The number of rotatable bonds is 5. The molecule has 0 aromatic heterocycles. The highest BCUT2D eigenvalue weighted by Crippen LogP contribution is 2.22. The Morgan fingerprint density at radius 1 is 1.47 bits per heavy atom. The first-order valence-electron chi connectivity index (χ1n) is 6.76. The molecule has 0 bridgehead atoms. The number of hydrogen-bond acceptors (Lipinski definition) is 4. The van der Waals surface area contributed by atoms with Gasteiger partial charge in [-0.25, -0.2) is 0 Å². The minimum absolute atomic E-state index is 0.129. The van der Waals surface area contributed by atoms with Crippen LogP contribution in [0, 0.1) is 5.92 Å². The summed E-state index contributed by atoms with van der Waals surface area (Å²) in [6.07, 6.45) is 1.80. The first-order valence-corrected chi connectivity index (χ1v) is 6.76. The normalized spacial score (nSPS) is 22.2. The van der Waals surface area contributed by atoms with E-state index in [0.29, 0.717) is 12.5 Å². The second kappa shape index (κ2) is 6.57. The van der Waals surface area contributed by atoms with E-state index in [2.05, 4.69) is 17.4 Å². The molecule has 0 radical (unpaired) electrons. The third kappa shape index (κ3) is 3.70. The van der Waals surface area contributed by atoms with E-state index in [0.717, 1.165) is 25.1 Å². The standard InChI is InChI=1S/C15H21NO3/c1-3-19-15(17)14-9-12(10-16-14)7-11-5-4-6-13(8-11)18-2/h4-6,8,12,14,16H,3,7,9-10H2,1-2H3/t12-,14-/m0/s1. The van der Waals surface area contributed by atoms with Gasteiger partial charge in [-0.2, -0.15) is 0 Å². The molecule has 19 heavy (non-hydrogen) atoms. The highest BCUT2D eigenvalue weighted by Gasteiger charge is 2.30. The maximum Gasteiger partial charge on any atom is 0.323 e. The highest BCUT2D eigenvalue weighted by molar-refractivity contribution is 5.76. The SMILES string of the molecule is CCOC(=O)[C@@H]1C[C@H](Cc2cccc(OC)c2)CN1. The van der Waals surface area contributed by atoms with Crippen LogP contribution in [0.25, 0.3) is 0 Å². The number of hydrogen-bond donors (Lipinski definition) is 1. The van der Waals surface area contributed by atoms with Gasteiger partial charge in [-0.1, -0.05) is 12.1 Å². The van der Waals surface area contributed by atoms with Crippen molar-refractivity contribution in [1.82, 2.24) is 5.32 Å². The molecule has 2 atom stereocenters. The van der Waals surface area contributed by atoms with Crippen molar-refractivity contribution in [2.45, 2.75) is 25.8 Å². The van der Waals surface area contributed by atoms with Crippen LogP contribution in [0.3, 0.4) is 0 Å². The van der Waals surface area contributed by atoms with Crippen LogP contribution in [-0.4, -0.2) is 32.3 Å². The number of methoxy groups -OCH3 is 1. The second-order valence-electron chi connectivity index (χ2n) is 4.87. The lowest BCUT2D eigenvalue weighted by molar-refractivity contribution is -0.145. The van der Waals surface area contributed by atoms with Gasteiger partial charge in [0.25, 0.3) is 0 Å². The topological polar surface area (TPSA) is 47.6 Å². The fraction of sp³-hybridized carbons (Fsp3) is 0.533. The zero-order valence-corrected chi connectivity index (χ0v) is 11.5. The van der Waals surface area contributed by atoms with Crippen LogP contribution in [0.1, 0.15) is 18.9 Å². The van der Waals surface area contributed by atoms with Crippen LogP contribution in [0.15, 0.2) is 24.3 Å². The molecule has 1 heterocycles. The van der Waals surface area contributed by atoms with E-state index >= 15 is 0 Å². The van der Waals surface area contributed by atoms with E-state index in [9.17, 15) is 4.79 Å². The molecule has 104 valence electrons. The van der Waals surface area contributed by atoms with Crippen LogP contribution in [0.5, 0.6) is 5.75 Å². The summed E-state index contributed by atoms with van der Waals surface area (Å²) in [6.45, 7) is 3.14. The molecule has 4 heteroatoms. The largest absolute Gasteiger partial charge is 0.497 e. The second-order valence-corrected chi connectivity index (χ2v) is 4.87. The average Bonchev–Trinajstić information content (AvgIpc) is 2.88. The molecule has 1 fully saturated rings. The maximum absolute atomic E-state index is 11.6. The summed E-state index contributed by atoms with van der Waals surface area (Å²) in [5, 5.41) is 3.23. The van der Waals surface area contributed by atoms with Crippen molar-refractivity contribution in [2.75, 3.05) is 20.3 Å². The van der Waals surface area contributed by atoms with Gasteiger partial charge in [0.05, 0.1) is 13.7 Å². The molecular weight excluding hydrogens is 242 g/mol. The molecule has 2 rings (SSSR count). The summed E-state index contributed by atoms with van der Waals surface area (Å²) < 4.78 is 10.3. The fourth-order valence-corrected chi connectivity index (χ4v) is 2.52. The molecule has 0 aliphatic carbocycles. The Morgan fingerprint density at radius 2 is 2.32 bits per heavy atom. The van der Waals surface area contributed by atoms with Gasteiger partial charge in [0, 0.05) is 0 Å². The van der Waals surface area contributed by atoms with Crippen molar-refractivity contribution in [2.24, 2.45) is 5.92 Å². The zero-order chi connectivity index (χ0) is 13.7. The van der Waals surface area contributed by atoms with Gasteiger partial charge < -0.3 is 14.8 Å². The quantitative estimate of drug-likeness (QED) is 0.823. The first kappa shape index (κ1) is 13.9. The molecule has 1 aromatic rings. The smallest absolute Gasteiger partial charge is 0.323 e. The summed E-state index contributed by atoms with van der Waals surface area (Å²) in [5.74, 6) is 1.22. The number of benzene rings is 1. The van der Waals surface area contributed by atoms with Crippen LogP contribution in [-0.2, 0) is 16.0 Å². The molecule has 1 aromatic carbocycles. The molecular formula is C15H21NO3. The number of ether oxygens (including phenoxy) is 2. The number of carbonyl (C=O) groups excluding carboxylic acids is 1. The first-order chi connectivity index (χ1) is 9.22. The maximum atomic E-state index is 11.6. The van der Waals surface area contributed by atoms with Gasteiger partial charge in [0.1, 0.15) is 11.8 Å². The van der Waals surface area contributed by atoms with Crippen molar-refractivity contribution < 1.29 is 14.3 Å². The lowest BCUT2D eigenvalue weighted by atomic mass is 9.96. The molecule has 1 N–H and O–H groups in total. The lowest BCUT2D eigenvalue weighted by Crippen LogP contribution is -2.32. The Labute approximate surface area is 114 Å². The Morgan fingerprint density at radius 3 is 3.05 bits per heavy atom. The highest BCUT2D eigenvalue weighted by atomic mass is 16.5. The molecule has 0 saturated carbocycles. The third-order valence-corrected chi connectivity index (χ3v) is 3.45. The fourth-order valence-electron chi connectivity index (χ4n) is 2.52. The summed E-state index contributed by atoms with van der Waals surface area (Å²) in [5.41, 5.74) is 1.25. The summed E-state index contributed by atoms with van der Waals surface area (Å²) in [7, 11) is 1.67. The van der Waals surface area contributed by atoms with Crippen molar-refractivity contribution in [3.05, 3.63) is 29.8 Å². The Hall–Kier alpha value is -1.55. The molecule has 0 amide bonds. The van der Waals surface area contributed by atoms with Crippen LogP contribution >= 0.6 is 0 Å². The Balaban J connectivity index is 1.89. The van der Waals surface area contributed by atoms with Gasteiger partial charge in [-0.3, -0.25) is 4.79 Å². The Bertz CT molecular complexity index is 433. The average molecular weight is 263 g/mol. The summed E-state index contributed by atoms with van der Waals surface area (Å²) in [4.78, 5) is 11.6. The number of nitrogens with one attached hydrogen (secondary N) is 1. The van der Waals surface area contributed by atoms with Gasteiger partial charge in [-0.15, -0.1) is 0 Å². The van der Waals surface area contributed by atoms with E-state index in [-0.39, 0.29) is 12.0 Å². The van der Waals surface area contributed by atoms with Crippen LogP contribution < -0.4 is 10.1 Å². The van der Waals surface area contributed by atoms with E-state index in [1.165, 1.54) is 5.56 Å². The minimum Gasteiger partial charge on any atom is -0.497 e. The van der Waals surface area contributed by atoms with Crippen molar-refractivity contribution in [3.8, 4) is 5.75 Å². The summed E-state index contributed by atoms with van der Waals surface area (Å²) >= 11 is 0. The van der Waals surface area contributed by atoms with Gasteiger partial charge in [0.2, 0.25) is 0 Å². The van der Waals surface area contributed by atoms with E-state index in [4.69, 9.17) is 9.47 Å². The lowest BCUT2D eigenvalue weighted by Gasteiger charge is -2.10. The molecule has 1 aliphatic rings. The van der Waals surface area contributed by atoms with Gasteiger partial charge >= 0.3 is 5.97 Å². The van der Waals surface area contributed by atoms with E-state index < -0.39 is 0 Å². The van der Waals surface area contributed by atoms with Crippen LogP contribution in [0.2, 0.25) is 0 Å². The molecule has 0 spiro atoms. The molecule has 0 unspecified atom stereocenters. The Kier molecular flexibility index (Phi) is 4.80. The van der Waals surface area contributed by atoms with Gasteiger partial charge in [-0.05, 0) is 49.9 Å². The van der Waals surface area contributed by atoms with E-state index in [1.54, 1.807) is 7.11 Å². The molecule has 4 nitrogen and oxygen atoms in total. The number of carbonyl (C=O) groups is 1. The van der Waals surface area contributed by atoms with Crippen molar-refractivity contribution in [3.63, 3.8) is 0 Å². The zero-order valence-electron chi connectivity index (χ0n) is 11.5. The van der Waals surface area contributed by atoms with Gasteiger partial charge in [0.15, 0.2) is 0 Å². The molecule has 1 aliphatic heterocycles. The van der Waals surface area contributed by atoms with Crippen molar-refractivity contribution in [1.29, 1.82) is 0 Å².